The number of nitrogens with zero attached hydrogens (tertiary/aromatic N) is 2. The van der Waals surface area contributed by atoms with Gasteiger partial charge < -0.3 is 28.8 Å². The molecule has 0 unspecified atom stereocenters. The molecule has 0 radical (unpaired) electrons. The predicted molar refractivity (Wildman–Crippen MR) is 299 cm³/mol. The summed E-state index contributed by atoms with van der Waals surface area (Å²) in [6, 6.07) is 24.3. The van der Waals surface area contributed by atoms with Crippen molar-refractivity contribution in [3.8, 4) is 44.8 Å². The lowest BCUT2D eigenvalue weighted by Crippen LogP contribution is -2.45. The number of rotatable bonds is 11. The van der Waals surface area contributed by atoms with Gasteiger partial charge in [0, 0.05) is 34.4 Å². The van der Waals surface area contributed by atoms with Gasteiger partial charge in [0.15, 0.2) is 5.79 Å². The molecule has 1 saturated heterocycles. The van der Waals surface area contributed by atoms with Crippen LogP contribution in [-0.4, -0.2) is 70.8 Å². The fourth-order valence-corrected chi connectivity index (χ4v) is 11.1. The second-order valence-corrected chi connectivity index (χ2v) is 22.4. The van der Waals surface area contributed by atoms with Gasteiger partial charge in [0.05, 0.1) is 67.7 Å². The number of fused-ring (bicyclic) bond motifs is 6. The van der Waals surface area contributed by atoms with E-state index < -0.39 is 11.4 Å². The van der Waals surface area contributed by atoms with E-state index >= 15 is 0 Å². The average Bonchev–Trinajstić information content (AvgIpc) is 3.73. The van der Waals surface area contributed by atoms with Crippen molar-refractivity contribution in [3.63, 3.8) is 0 Å². The van der Waals surface area contributed by atoms with Gasteiger partial charge in [0.2, 0.25) is 0 Å². The molecule has 0 spiro atoms. The zero-order valence-corrected chi connectivity index (χ0v) is 46.8. The van der Waals surface area contributed by atoms with Crippen LogP contribution in [0.2, 0.25) is 0 Å². The van der Waals surface area contributed by atoms with Crippen molar-refractivity contribution in [2.75, 3.05) is 14.2 Å². The highest BCUT2D eigenvalue weighted by atomic mass is 19.1. The van der Waals surface area contributed by atoms with Gasteiger partial charge in [-0.25, -0.2) is 18.4 Å². The Kier molecular flexibility index (Phi) is 17.6. The van der Waals surface area contributed by atoms with Crippen molar-refractivity contribution in [2.45, 2.75) is 156 Å². The SMILES string of the molecule is COC(=O)c1ccc2c(c1)CCCc1c-2nc(C(C)C)c(/C=C/[C@@H]2C[C@H](CC(=O)OC(C)(C)C)OC(C)(C)O2)c1-c1ccc(F)cc1.COC(=O)c1ccc2c(c1)CCCc1c-2nc(C(C)C)c(CO)c1-c1ccc(F)cc1. The molecule has 4 aromatic carbocycles. The molecular weight excluding hydrogens is 991 g/mol. The Morgan fingerprint density at radius 1 is 0.705 bits per heavy atom. The number of methoxy groups -OCH3 is 2. The van der Waals surface area contributed by atoms with Crippen LogP contribution in [0.3, 0.4) is 0 Å². The van der Waals surface area contributed by atoms with E-state index in [1.807, 2.05) is 77.1 Å². The van der Waals surface area contributed by atoms with Crippen LogP contribution in [0.5, 0.6) is 0 Å². The summed E-state index contributed by atoms with van der Waals surface area (Å²) in [5.41, 5.74) is 15.7. The number of aliphatic hydroxyl groups excluding tert-OH is 1. The standard InChI is InChI=1S/C39H46FNO6.C26H26FNO3/c1-23(2)35-32(19-17-28-21-29(46-39(6,7)45-28)22-33(42)47-38(3,4)5)34(24-12-15-27(40)16-13-24)31-11-9-10-25-20-26(37(43)44-8)14-18-30(25)36(31)41-35;1-15(2)24-22(14-29)23(16-7-10-19(27)11-8-16)21-6-4-5-17-13-18(26(30)31-3)9-12-20(17)25(21)28-24/h12-20,23,28-29H,9-11,21-22H2,1-8H3;7-13,15,29H,4-6,14H2,1-3H3/b19-17+;/t28-,29-;/m1./s1. The average molecular weight is 1060 g/mol. The summed E-state index contributed by atoms with van der Waals surface area (Å²) in [5.74, 6) is -2.36. The maximum Gasteiger partial charge on any atom is 0.337 e. The number of pyridine rings is 2. The fraction of sp³-hybridized carbons (Fsp3) is 0.400. The van der Waals surface area contributed by atoms with Gasteiger partial charge in [0.1, 0.15) is 17.2 Å². The molecule has 2 aromatic heterocycles. The van der Waals surface area contributed by atoms with Crippen LogP contribution in [0.25, 0.3) is 50.8 Å². The molecule has 410 valence electrons. The smallest absolute Gasteiger partial charge is 0.337 e. The number of hydrogen-bond acceptors (Lipinski definition) is 11. The molecule has 3 heterocycles. The van der Waals surface area contributed by atoms with Gasteiger partial charge in [-0.2, -0.15) is 0 Å². The molecule has 3 aliphatic rings. The monoisotopic (exact) mass is 1060 g/mol. The van der Waals surface area contributed by atoms with Crippen LogP contribution in [0, 0.1) is 11.6 Å². The number of benzene rings is 4. The number of esters is 3. The van der Waals surface area contributed by atoms with Crippen LogP contribution in [0.15, 0.2) is 91.0 Å². The van der Waals surface area contributed by atoms with Crippen LogP contribution < -0.4 is 0 Å². The molecule has 1 aliphatic heterocycles. The highest BCUT2D eigenvalue weighted by Gasteiger charge is 2.37. The Balaban J connectivity index is 0.000000224. The van der Waals surface area contributed by atoms with Crippen molar-refractivity contribution in [1.82, 2.24) is 9.97 Å². The number of ether oxygens (including phenoxy) is 5. The highest BCUT2D eigenvalue weighted by molar-refractivity contribution is 5.93. The van der Waals surface area contributed by atoms with Crippen molar-refractivity contribution in [3.05, 3.63) is 159 Å². The number of halogens is 2. The molecule has 6 aromatic rings. The quantitative estimate of drug-likeness (QED) is 0.0978. The molecule has 0 bridgehead atoms. The van der Waals surface area contributed by atoms with E-state index in [1.54, 1.807) is 24.3 Å². The number of aliphatic hydroxyl groups is 1. The zero-order chi connectivity index (χ0) is 56.2. The molecule has 78 heavy (non-hydrogen) atoms. The maximum absolute atomic E-state index is 14.2. The third-order valence-corrected chi connectivity index (χ3v) is 14.3. The summed E-state index contributed by atoms with van der Waals surface area (Å²) >= 11 is 0. The van der Waals surface area contributed by atoms with Crippen molar-refractivity contribution in [1.29, 1.82) is 0 Å². The van der Waals surface area contributed by atoms with Gasteiger partial charge in [0.25, 0.3) is 0 Å². The van der Waals surface area contributed by atoms with Crippen LogP contribution in [0.1, 0.15) is 165 Å². The first kappa shape index (κ1) is 57.3. The molecule has 11 nitrogen and oxygen atoms in total. The number of carbonyl (C=O) groups excluding carboxylic acids is 3. The van der Waals surface area contributed by atoms with Gasteiger partial charge in [-0.3, -0.25) is 14.8 Å². The van der Waals surface area contributed by atoms with Crippen molar-refractivity contribution in [2.24, 2.45) is 0 Å². The van der Waals surface area contributed by atoms with Crippen LogP contribution >= 0.6 is 0 Å². The molecule has 9 rings (SSSR count). The predicted octanol–water partition coefficient (Wildman–Crippen LogP) is 14.1. The van der Waals surface area contributed by atoms with E-state index in [2.05, 4.69) is 33.8 Å². The number of carbonyl (C=O) groups is 3. The fourth-order valence-electron chi connectivity index (χ4n) is 11.1. The maximum atomic E-state index is 14.2. The van der Waals surface area contributed by atoms with Crippen LogP contribution in [-0.2, 0) is 60.8 Å². The lowest BCUT2D eigenvalue weighted by molar-refractivity contribution is -0.290. The van der Waals surface area contributed by atoms with Crippen molar-refractivity contribution >= 4 is 24.0 Å². The minimum atomic E-state index is -0.903. The summed E-state index contributed by atoms with van der Waals surface area (Å²) in [6.07, 6.45) is 8.88. The summed E-state index contributed by atoms with van der Waals surface area (Å²) in [6.45, 7) is 17.5. The van der Waals surface area contributed by atoms with E-state index in [4.69, 9.17) is 33.7 Å². The largest absolute Gasteiger partial charge is 0.465 e. The molecule has 0 amide bonds. The summed E-state index contributed by atoms with van der Waals surface area (Å²) < 4.78 is 55.7. The summed E-state index contributed by atoms with van der Waals surface area (Å²) in [5, 5.41) is 10.3. The summed E-state index contributed by atoms with van der Waals surface area (Å²) in [7, 11) is 2.77. The molecule has 2 aliphatic carbocycles. The molecule has 1 N–H and O–H groups in total. The minimum Gasteiger partial charge on any atom is -0.465 e. The Morgan fingerprint density at radius 3 is 1.67 bits per heavy atom. The topological polar surface area (TPSA) is 143 Å². The van der Waals surface area contributed by atoms with E-state index in [9.17, 15) is 28.3 Å². The molecule has 2 atom stereocenters. The molecule has 13 heteroatoms. The first-order valence-electron chi connectivity index (χ1n) is 27.0. The van der Waals surface area contributed by atoms with Gasteiger partial charge >= 0.3 is 17.9 Å². The van der Waals surface area contributed by atoms with E-state index in [1.165, 1.54) is 38.5 Å². The number of hydrogen-bond donors (Lipinski definition) is 1. The third-order valence-electron chi connectivity index (χ3n) is 14.3. The van der Waals surface area contributed by atoms with E-state index in [-0.39, 0.29) is 66.6 Å². The van der Waals surface area contributed by atoms with E-state index in [0.29, 0.717) is 17.5 Å². The lowest BCUT2D eigenvalue weighted by Gasteiger charge is -2.40. The Hall–Kier alpha value is -6.93. The highest BCUT2D eigenvalue weighted by Crippen LogP contribution is 2.44. The molecule has 1 fully saturated rings. The second kappa shape index (κ2) is 24.0. The third kappa shape index (κ3) is 13.0. The Morgan fingerprint density at radius 2 is 1.19 bits per heavy atom. The second-order valence-electron chi connectivity index (χ2n) is 22.4. The first-order chi connectivity index (χ1) is 37.1. The van der Waals surface area contributed by atoms with Crippen LogP contribution in [0.4, 0.5) is 8.78 Å². The van der Waals surface area contributed by atoms with E-state index in [0.717, 1.165) is 128 Å². The van der Waals surface area contributed by atoms with Gasteiger partial charge in [-0.1, -0.05) is 76.2 Å². The first-order valence-corrected chi connectivity index (χ1v) is 27.0. The zero-order valence-electron chi connectivity index (χ0n) is 46.8. The Bertz CT molecular complexity index is 3230. The molecular formula is C65H72F2N2O9. The Labute approximate surface area is 457 Å². The van der Waals surface area contributed by atoms with Gasteiger partial charge in [-0.15, -0.1) is 0 Å². The lowest BCUT2D eigenvalue weighted by atomic mass is 9.86. The minimum absolute atomic E-state index is 0.0622. The van der Waals surface area contributed by atoms with Gasteiger partial charge in [-0.05, 0) is 178 Å². The van der Waals surface area contributed by atoms with Crippen molar-refractivity contribution < 1.29 is 52.0 Å². The summed E-state index contributed by atoms with van der Waals surface area (Å²) in [4.78, 5) is 47.4. The molecule has 0 saturated carbocycles. The number of aryl methyl sites for hydroxylation is 2. The normalized spacial score (nSPS) is 16.7. The number of aromatic nitrogens is 2.